The van der Waals surface area contributed by atoms with Crippen LogP contribution in [0.25, 0.3) is 0 Å². The molecule has 0 saturated heterocycles. The molecule has 19 heavy (non-hydrogen) atoms. The summed E-state index contributed by atoms with van der Waals surface area (Å²) >= 11 is 8.00. The number of benzene rings is 1. The summed E-state index contributed by atoms with van der Waals surface area (Å²) in [5.74, 6) is -1.27. The molecule has 1 aromatic rings. The molecule has 0 aliphatic carbocycles. The van der Waals surface area contributed by atoms with Crippen LogP contribution in [0.3, 0.4) is 0 Å². The average molecular weight is 396 g/mol. The van der Waals surface area contributed by atoms with Crippen LogP contribution in [0.1, 0.15) is 30.6 Å². The number of hydrogen-bond donors (Lipinski definition) is 2. The van der Waals surface area contributed by atoms with E-state index in [0.29, 0.717) is 17.0 Å². The number of nitrogens with one attached hydrogen (secondary N) is 1. The predicted octanol–water partition coefficient (Wildman–Crippen LogP) is 3.17. The van der Waals surface area contributed by atoms with Gasteiger partial charge in [0.05, 0.1) is 5.02 Å². The summed E-state index contributed by atoms with van der Waals surface area (Å²) in [5, 5.41) is 12.1. The van der Waals surface area contributed by atoms with E-state index in [1.165, 1.54) is 6.07 Å². The molecule has 2 N–H and O–H groups in total. The van der Waals surface area contributed by atoms with E-state index in [2.05, 4.69) is 27.9 Å². The minimum absolute atomic E-state index is 0.182. The molecule has 0 aliphatic heterocycles. The Kier molecular flexibility index (Phi) is 6.06. The molecule has 1 atom stereocenters. The molecule has 0 fully saturated rings. The zero-order valence-corrected chi connectivity index (χ0v) is 13.5. The Morgan fingerprint density at radius 2 is 2.05 bits per heavy atom. The molecule has 0 aliphatic rings. The van der Waals surface area contributed by atoms with Crippen LogP contribution in [0.4, 0.5) is 0 Å². The molecular formula is C13H15ClINO3. The topological polar surface area (TPSA) is 66.4 Å². The summed E-state index contributed by atoms with van der Waals surface area (Å²) in [7, 11) is 0. The maximum Gasteiger partial charge on any atom is 0.326 e. The number of aliphatic carboxylic acids is 1. The first-order valence-corrected chi connectivity index (χ1v) is 7.25. The van der Waals surface area contributed by atoms with Crippen molar-refractivity contribution < 1.29 is 14.7 Å². The monoisotopic (exact) mass is 395 g/mol. The molecule has 1 rings (SSSR count). The van der Waals surface area contributed by atoms with Crippen molar-refractivity contribution in [3.05, 3.63) is 32.4 Å². The summed E-state index contributed by atoms with van der Waals surface area (Å²) < 4.78 is 0.841. The minimum Gasteiger partial charge on any atom is -0.480 e. The van der Waals surface area contributed by atoms with Gasteiger partial charge in [0.25, 0.3) is 5.91 Å². The third-order valence-corrected chi connectivity index (χ3v) is 4.06. The van der Waals surface area contributed by atoms with Crippen molar-refractivity contribution in [2.75, 3.05) is 0 Å². The molecule has 4 nitrogen and oxygen atoms in total. The molecular weight excluding hydrogens is 381 g/mol. The first kappa shape index (κ1) is 16.2. The quantitative estimate of drug-likeness (QED) is 0.753. The number of hydrogen-bond acceptors (Lipinski definition) is 2. The van der Waals surface area contributed by atoms with E-state index in [-0.39, 0.29) is 5.92 Å². The highest BCUT2D eigenvalue weighted by Gasteiger charge is 2.21. The summed E-state index contributed by atoms with van der Waals surface area (Å²) in [5.41, 5.74) is 0.362. The van der Waals surface area contributed by atoms with E-state index in [0.717, 1.165) is 3.57 Å². The van der Waals surface area contributed by atoms with Crippen molar-refractivity contribution in [1.29, 1.82) is 0 Å². The maximum atomic E-state index is 12.0. The fraction of sp³-hybridized carbons (Fsp3) is 0.385. The Morgan fingerprint density at radius 3 is 2.53 bits per heavy atom. The number of carboxylic acid groups (broad SMARTS) is 1. The van der Waals surface area contributed by atoms with Crippen molar-refractivity contribution in [2.45, 2.75) is 26.3 Å². The number of carbonyl (C=O) groups excluding carboxylic acids is 1. The van der Waals surface area contributed by atoms with Crippen LogP contribution in [0.5, 0.6) is 0 Å². The van der Waals surface area contributed by atoms with E-state index < -0.39 is 17.9 Å². The van der Waals surface area contributed by atoms with Crippen LogP contribution in [0, 0.1) is 9.49 Å². The van der Waals surface area contributed by atoms with E-state index in [1.54, 1.807) is 12.1 Å². The number of amides is 1. The van der Waals surface area contributed by atoms with Crippen LogP contribution >= 0.6 is 34.2 Å². The fourth-order valence-corrected chi connectivity index (χ4v) is 2.09. The van der Waals surface area contributed by atoms with Gasteiger partial charge in [-0.15, -0.1) is 0 Å². The zero-order chi connectivity index (χ0) is 14.6. The standard InChI is InChI=1S/C13H15ClINO3/c1-7(2)5-11(13(18)19)16-12(17)8-3-4-10(15)9(14)6-8/h3-4,6-7,11H,5H2,1-2H3,(H,16,17)(H,18,19)/t11-/m0/s1. The average Bonchev–Trinajstić information content (AvgIpc) is 2.31. The first-order valence-electron chi connectivity index (χ1n) is 5.80. The Morgan fingerprint density at radius 1 is 1.42 bits per heavy atom. The van der Waals surface area contributed by atoms with Crippen LogP contribution < -0.4 is 5.32 Å². The van der Waals surface area contributed by atoms with Gasteiger partial charge in [-0.1, -0.05) is 25.4 Å². The normalized spacial score (nSPS) is 12.3. The van der Waals surface area contributed by atoms with E-state index in [1.807, 2.05) is 13.8 Å². The Bertz CT molecular complexity index is 491. The van der Waals surface area contributed by atoms with Crippen LogP contribution in [0.2, 0.25) is 5.02 Å². The second kappa shape index (κ2) is 7.09. The summed E-state index contributed by atoms with van der Waals surface area (Å²) in [6.45, 7) is 3.81. The van der Waals surface area contributed by atoms with Crippen LogP contribution in [0.15, 0.2) is 18.2 Å². The Balaban J connectivity index is 2.81. The van der Waals surface area contributed by atoms with Gasteiger partial charge >= 0.3 is 5.97 Å². The van der Waals surface area contributed by atoms with Crippen molar-refractivity contribution in [3.63, 3.8) is 0 Å². The molecule has 0 unspecified atom stereocenters. The highest BCUT2D eigenvalue weighted by molar-refractivity contribution is 14.1. The van der Waals surface area contributed by atoms with Crippen molar-refractivity contribution >= 4 is 46.1 Å². The van der Waals surface area contributed by atoms with Gasteiger partial charge in [0, 0.05) is 9.13 Å². The second-order valence-electron chi connectivity index (χ2n) is 4.62. The number of carbonyl (C=O) groups is 2. The molecule has 0 aromatic heterocycles. The van der Waals surface area contributed by atoms with Crippen LogP contribution in [-0.2, 0) is 4.79 Å². The van der Waals surface area contributed by atoms with Crippen molar-refractivity contribution in [3.8, 4) is 0 Å². The largest absolute Gasteiger partial charge is 0.480 e. The SMILES string of the molecule is CC(C)C[C@H](NC(=O)c1ccc(I)c(Cl)c1)C(=O)O. The second-order valence-corrected chi connectivity index (χ2v) is 6.19. The molecule has 6 heteroatoms. The van der Waals surface area contributed by atoms with E-state index in [9.17, 15) is 9.59 Å². The lowest BCUT2D eigenvalue weighted by Gasteiger charge is -2.16. The smallest absolute Gasteiger partial charge is 0.326 e. The molecule has 0 saturated carbocycles. The minimum atomic E-state index is -1.03. The van der Waals surface area contributed by atoms with Crippen molar-refractivity contribution in [1.82, 2.24) is 5.32 Å². The van der Waals surface area contributed by atoms with Gasteiger partial charge in [0.2, 0.25) is 0 Å². The Labute approximate surface area is 130 Å². The summed E-state index contributed by atoms with van der Waals surface area (Å²) in [4.78, 5) is 23.0. The van der Waals surface area contributed by atoms with Gasteiger partial charge in [-0.25, -0.2) is 4.79 Å². The Hall–Kier alpha value is -0.820. The van der Waals surface area contributed by atoms with E-state index in [4.69, 9.17) is 16.7 Å². The van der Waals surface area contributed by atoms with Gasteiger partial charge in [0.1, 0.15) is 6.04 Å². The third kappa shape index (κ3) is 4.99. The van der Waals surface area contributed by atoms with Gasteiger partial charge in [0.15, 0.2) is 0 Å². The lowest BCUT2D eigenvalue weighted by molar-refractivity contribution is -0.139. The lowest BCUT2D eigenvalue weighted by Crippen LogP contribution is -2.41. The highest BCUT2D eigenvalue weighted by atomic mass is 127. The molecule has 0 spiro atoms. The van der Waals surface area contributed by atoms with E-state index >= 15 is 0 Å². The highest BCUT2D eigenvalue weighted by Crippen LogP contribution is 2.19. The maximum absolute atomic E-state index is 12.0. The zero-order valence-electron chi connectivity index (χ0n) is 10.6. The first-order chi connectivity index (χ1) is 8.81. The van der Waals surface area contributed by atoms with Crippen molar-refractivity contribution in [2.24, 2.45) is 5.92 Å². The van der Waals surface area contributed by atoms with Gasteiger partial charge < -0.3 is 10.4 Å². The summed E-state index contributed by atoms with van der Waals surface area (Å²) in [6, 6.07) is 3.99. The molecule has 1 amide bonds. The number of halogens is 2. The number of carboxylic acids is 1. The molecule has 1 aromatic carbocycles. The predicted molar refractivity (Wildman–Crippen MR) is 82.5 cm³/mol. The summed E-state index contributed by atoms with van der Waals surface area (Å²) in [6.07, 6.45) is 0.388. The lowest BCUT2D eigenvalue weighted by atomic mass is 10.0. The van der Waals surface area contributed by atoms with Gasteiger partial charge in [-0.2, -0.15) is 0 Å². The van der Waals surface area contributed by atoms with Gasteiger partial charge in [-0.05, 0) is 53.1 Å². The molecule has 0 bridgehead atoms. The molecule has 0 radical (unpaired) electrons. The van der Waals surface area contributed by atoms with Gasteiger partial charge in [-0.3, -0.25) is 4.79 Å². The third-order valence-electron chi connectivity index (χ3n) is 2.49. The number of rotatable bonds is 5. The molecule has 0 heterocycles. The fourth-order valence-electron chi connectivity index (χ4n) is 1.57. The molecule has 104 valence electrons. The van der Waals surface area contributed by atoms with Crippen LogP contribution in [-0.4, -0.2) is 23.0 Å².